The van der Waals surface area contributed by atoms with Crippen molar-refractivity contribution in [3.05, 3.63) is 41.5 Å². The maximum atomic E-state index is 14.1. The standard InChI is InChI=1S/C43H66N2O14/c1-29-16-17-33(46)37-34(56-43(9,10)57-37)15-13-14-31-26-32(27-35(54-28-51-12)36(31)38(47)55-30(29)2)45(40(49)59-42(6,7)8)19-18-44(39(48)58-41(3,4)5)20-21-52-24-25-53-23-22-50-11/h13-14,16-17,26-27,29-30,34,37H,15,18-25,28H2,1-12H3/b14-13?,17-16-/t29-,30+,34+,37-/m1/s1. The molecule has 2 aliphatic heterocycles. The van der Waals surface area contributed by atoms with E-state index in [1.54, 1.807) is 93.7 Å². The molecular weight excluding hydrogens is 768 g/mol. The number of benzene rings is 1. The number of hydrogen-bond donors (Lipinski definition) is 0. The van der Waals surface area contributed by atoms with E-state index in [1.165, 1.54) is 29.1 Å². The van der Waals surface area contributed by atoms with Gasteiger partial charge in [0, 0.05) is 45.8 Å². The van der Waals surface area contributed by atoms with Crippen LogP contribution in [-0.2, 0) is 47.4 Å². The van der Waals surface area contributed by atoms with Gasteiger partial charge in [-0.05, 0) is 86.4 Å². The van der Waals surface area contributed by atoms with Crippen LogP contribution in [0, 0.1) is 5.92 Å². The molecule has 3 rings (SSSR count). The SMILES string of the molecule is COCCOCCOCCN(CCN(C(=O)OC(C)(C)C)c1cc2c(c(OCOC)c1)C(=O)O[C@@H](C)[C@H](C)/C=C\C(=O)[C@H]1OC(C)(C)O[C@H]1CC=C2)C(=O)OC(C)(C)C. The summed E-state index contributed by atoms with van der Waals surface area (Å²) >= 11 is 0. The Hall–Kier alpha value is -4.06. The molecule has 0 saturated carbocycles. The normalized spacial score (nSPS) is 21.4. The summed E-state index contributed by atoms with van der Waals surface area (Å²) in [5.41, 5.74) is -0.973. The Labute approximate surface area is 349 Å². The third-order valence-electron chi connectivity index (χ3n) is 8.86. The largest absolute Gasteiger partial charge is 0.467 e. The lowest BCUT2D eigenvalue weighted by molar-refractivity contribution is -0.152. The maximum Gasteiger partial charge on any atom is 0.414 e. The Kier molecular flexibility index (Phi) is 18.8. The zero-order valence-corrected chi connectivity index (χ0v) is 37.0. The van der Waals surface area contributed by atoms with Crippen molar-refractivity contribution in [2.45, 2.75) is 111 Å². The Morgan fingerprint density at radius 3 is 2.10 bits per heavy atom. The number of hydrogen-bond acceptors (Lipinski definition) is 14. The summed E-state index contributed by atoms with van der Waals surface area (Å²) in [4.78, 5) is 57.8. The lowest BCUT2D eigenvalue weighted by atomic mass is 9.99. The van der Waals surface area contributed by atoms with Crippen LogP contribution in [0.5, 0.6) is 5.75 Å². The van der Waals surface area contributed by atoms with Gasteiger partial charge in [0.15, 0.2) is 18.4 Å². The molecular formula is C43H66N2O14. The van der Waals surface area contributed by atoms with Crippen molar-refractivity contribution >= 4 is 35.7 Å². The molecule has 4 atom stereocenters. The molecule has 0 bridgehead atoms. The number of anilines is 1. The van der Waals surface area contributed by atoms with Crippen LogP contribution in [0.3, 0.4) is 0 Å². The number of nitrogens with zero attached hydrogens (tertiary/aromatic N) is 2. The Bertz CT molecular complexity index is 1610. The molecule has 2 amide bonds. The number of ether oxygens (including phenoxy) is 10. The Balaban J connectivity index is 2.10. The number of fused-ring (bicyclic) bond motifs is 2. The number of amides is 2. The first kappa shape index (κ1) is 49.3. The average Bonchev–Trinajstić information content (AvgIpc) is 3.44. The molecule has 1 aromatic carbocycles. The minimum atomic E-state index is -1.00. The summed E-state index contributed by atoms with van der Waals surface area (Å²) < 4.78 is 57.1. The van der Waals surface area contributed by atoms with Gasteiger partial charge in [-0.2, -0.15) is 0 Å². The van der Waals surface area contributed by atoms with Gasteiger partial charge in [0.2, 0.25) is 0 Å². The highest BCUT2D eigenvalue weighted by molar-refractivity contribution is 5.99. The molecule has 332 valence electrons. The molecule has 59 heavy (non-hydrogen) atoms. The molecule has 2 aliphatic rings. The van der Waals surface area contributed by atoms with E-state index in [9.17, 15) is 19.2 Å². The number of methoxy groups -OCH3 is 2. The summed E-state index contributed by atoms with van der Waals surface area (Å²) in [7, 11) is 3.03. The minimum absolute atomic E-state index is 0.0121. The minimum Gasteiger partial charge on any atom is -0.467 e. The van der Waals surface area contributed by atoms with Crippen LogP contribution in [0.25, 0.3) is 6.08 Å². The van der Waals surface area contributed by atoms with E-state index in [0.29, 0.717) is 32.0 Å². The van der Waals surface area contributed by atoms with Gasteiger partial charge in [0.05, 0.1) is 44.8 Å². The number of carbonyl (C=O) groups is 4. The quantitative estimate of drug-likeness (QED) is 0.0759. The average molecular weight is 835 g/mol. The first-order chi connectivity index (χ1) is 27.6. The van der Waals surface area contributed by atoms with Gasteiger partial charge >= 0.3 is 18.2 Å². The van der Waals surface area contributed by atoms with Gasteiger partial charge in [-0.15, -0.1) is 0 Å². The van der Waals surface area contributed by atoms with Crippen molar-refractivity contribution in [2.75, 3.05) is 78.6 Å². The van der Waals surface area contributed by atoms with E-state index in [2.05, 4.69) is 0 Å². The highest BCUT2D eigenvalue weighted by Crippen LogP contribution is 2.35. The van der Waals surface area contributed by atoms with Gasteiger partial charge in [0.25, 0.3) is 0 Å². The first-order valence-corrected chi connectivity index (χ1v) is 20.0. The summed E-state index contributed by atoms with van der Waals surface area (Å²) in [5, 5.41) is 0. The fourth-order valence-electron chi connectivity index (χ4n) is 5.90. The van der Waals surface area contributed by atoms with Crippen LogP contribution in [0.15, 0.2) is 30.4 Å². The van der Waals surface area contributed by atoms with Gasteiger partial charge < -0.3 is 52.3 Å². The number of esters is 1. The van der Waals surface area contributed by atoms with E-state index in [4.69, 9.17) is 47.4 Å². The summed E-state index contributed by atoms with van der Waals surface area (Å²) in [6.07, 6.45) is 3.37. The zero-order valence-electron chi connectivity index (χ0n) is 37.0. The lowest BCUT2D eigenvalue weighted by Gasteiger charge is -2.32. The number of carbonyl (C=O) groups excluding carboxylic acids is 4. The summed E-state index contributed by atoms with van der Waals surface area (Å²) in [6.45, 7) is 19.2. The fraction of sp³-hybridized carbons (Fsp3) is 0.674. The highest BCUT2D eigenvalue weighted by Gasteiger charge is 2.44. The molecule has 2 heterocycles. The van der Waals surface area contributed by atoms with Gasteiger partial charge in [0.1, 0.15) is 34.7 Å². The Morgan fingerprint density at radius 2 is 1.46 bits per heavy atom. The topological polar surface area (TPSA) is 167 Å². The van der Waals surface area contributed by atoms with Crippen molar-refractivity contribution in [3.63, 3.8) is 0 Å². The maximum absolute atomic E-state index is 14.1. The van der Waals surface area contributed by atoms with Crippen LogP contribution in [0.1, 0.15) is 91.6 Å². The molecule has 0 aliphatic carbocycles. The second-order valence-electron chi connectivity index (χ2n) is 16.7. The zero-order chi connectivity index (χ0) is 44.0. The predicted molar refractivity (Wildman–Crippen MR) is 220 cm³/mol. The third-order valence-corrected chi connectivity index (χ3v) is 8.86. The first-order valence-electron chi connectivity index (χ1n) is 20.0. The molecule has 0 N–H and O–H groups in total. The second kappa shape index (κ2) is 22.5. The molecule has 0 aromatic heterocycles. The highest BCUT2D eigenvalue weighted by atomic mass is 16.8. The molecule has 1 fully saturated rings. The fourth-order valence-corrected chi connectivity index (χ4v) is 5.90. The molecule has 1 aromatic rings. The molecule has 0 unspecified atom stereocenters. The van der Waals surface area contributed by atoms with Crippen LogP contribution >= 0.6 is 0 Å². The Morgan fingerprint density at radius 1 is 0.814 bits per heavy atom. The van der Waals surface area contributed by atoms with Gasteiger partial charge in [-0.1, -0.05) is 25.2 Å². The number of ketones is 1. The number of rotatable bonds is 16. The second-order valence-corrected chi connectivity index (χ2v) is 16.7. The van der Waals surface area contributed by atoms with E-state index < -0.39 is 53.5 Å². The van der Waals surface area contributed by atoms with Gasteiger partial charge in [-0.3, -0.25) is 9.69 Å². The van der Waals surface area contributed by atoms with Crippen molar-refractivity contribution in [3.8, 4) is 5.75 Å². The lowest BCUT2D eigenvalue weighted by Crippen LogP contribution is -2.45. The van der Waals surface area contributed by atoms with Crippen molar-refractivity contribution in [2.24, 2.45) is 5.92 Å². The molecule has 16 heteroatoms. The van der Waals surface area contributed by atoms with E-state index in [0.717, 1.165) is 0 Å². The van der Waals surface area contributed by atoms with E-state index in [-0.39, 0.29) is 68.2 Å². The predicted octanol–water partition coefficient (Wildman–Crippen LogP) is 6.57. The van der Waals surface area contributed by atoms with E-state index in [1.807, 2.05) is 6.92 Å². The summed E-state index contributed by atoms with van der Waals surface area (Å²) in [6, 6.07) is 3.17. The van der Waals surface area contributed by atoms with Crippen molar-refractivity contribution in [1.82, 2.24) is 4.90 Å². The van der Waals surface area contributed by atoms with E-state index >= 15 is 0 Å². The van der Waals surface area contributed by atoms with Crippen LogP contribution < -0.4 is 9.64 Å². The van der Waals surface area contributed by atoms with Crippen LogP contribution in [-0.4, -0.2) is 138 Å². The van der Waals surface area contributed by atoms with Crippen molar-refractivity contribution < 1.29 is 66.5 Å². The molecule has 16 nitrogen and oxygen atoms in total. The molecule has 0 spiro atoms. The molecule has 1 saturated heterocycles. The monoisotopic (exact) mass is 834 g/mol. The third kappa shape index (κ3) is 16.5. The van der Waals surface area contributed by atoms with Crippen LogP contribution in [0.2, 0.25) is 0 Å². The molecule has 0 radical (unpaired) electrons. The smallest absolute Gasteiger partial charge is 0.414 e. The van der Waals surface area contributed by atoms with Crippen LogP contribution in [0.4, 0.5) is 15.3 Å². The number of cyclic esters (lactones) is 1. The van der Waals surface area contributed by atoms with Gasteiger partial charge in [-0.25, -0.2) is 14.4 Å². The van der Waals surface area contributed by atoms with Crippen molar-refractivity contribution in [1.29, 1.82) is 0 Å². The summed E-state index contributed by atoms with van der Waals surface area (Å²) in [5.74, 6) is -2.24.